The molecule has 1 heterocycles. The molecule has 9 nitrogen and oxygen atoms in total. The molecular formula is C23H25NO8S. The van der Waals surface area contributed by atoms with Crippen molar-refractivity contribution in [1.82, 2.24) is 4.72 Å². The van der Waals surface area contributed by atoms with Crippen molar-refractivity contribution in [2.45, 2.75) is 31.7 Å². The summed E-state index contributed by atoms with van der Waals surface area (Å²) in [5.41, 5.74) is 0.889. The van der Waals surface area contributed by atoms with E-state index in [-0.39, 0.29) is 29.4 Å². The predicted molar refractivity (Wildman–Crippen MR) is 118 cm³/mol. The number of rotatable bonds is 8. The van der Waals surface area contributed by atoms with Gasteiger partial charge in [0.1, 0.15) is 17.1 Å². The van der Waals surface area contributed by atoms with E-state index in [9.17, 15) is 18.0 Å². The lowest BCUT2D eigenvalue weighted by Crippen LogP contribution is -2.37. The first-order valence-electron chi connectivity index (χ1n) is 10.2. The highest BCUT2D eigenvalue weighted by atomic mass is 32.2. The molecule has 0 radical (unpaired) electrons. The molecule has 3 rings (SSSR count). The molecule has 176 valence electrons. The highest BCUT2D eigenvalue weighted by molar-refractivity contribution is 7.89. The predicted octanol–water partition coefficient (Wildman–Crippen LogP) is 2.80. The maximum atomic E-state index is 13.2. The van der Waals surface area contributed by atoms with Gasteiger partial charge in [-0.15, -0.1) is 0 Å². The lowest BCUT2D eigenvalue weighted by Gasteiger charge is -2.29. The number of carbonyl (C=O) groups excluding carboxylic acids is 2. The number of methoxy groups -OCH3 is 1. The van der Waals surface area contributed by atoms with E-state index in [4.69, 9.17) is 18.9 Å². The Morgan fingerprint density at radius 3 is 2.24 bits per heavy atom. The number of hydrogen-bond acceptors (Lipinski definition) is 8. The summed E-state index contributed by atoms with van der Waals surface area (Å²) in [6.45, 7) is 5.05. The first-order valence-corrected chi connectivity index (χ1v) is 11.7. The molecule has 1 atom stereocenters. The Morgan fingerprint density at radius 1 is 1.00 bits per heavy atom. The summed E-state index contributed by atoms with van der Waals surface area (Å²) >= 11 is 0. The molecular weight excluding hydrogens is 450 g/mol. The smallest absolute Gasteiger partial charge is 0.374 e. The van der Waals surface area contributed by atoms with Gasteiger partial charge in [0.05, 0.1) is 31.3 Å². The van der Waals surface area contributed by atoms with E-state index in [1.807, 2.05) is 6.92 Å². The molecule has 0 aromatic heterocycles. The SMILES string of the molecule is CCOC(=O)C1=C(C(=O)OCC)C(NS(=O)(=O)c2ccc(C)cc2)c2ccc(OC)cc2O1. The molecule has 0 saturated carbocycles. The maximum Gasteiger partial charge on any atom is 0.374 e. The molecule has 2 aromatic carbocycles. The number of sulfonamides is 1. The second-order valence-electron chi connectivity index (χ2n) is 7.06. The average molecular weight is 476 g/mol. The molecule has 0 amide bonds. The van der Waals surface area contributed by atoms with Crippen LogP contribution in [0.1, 0.15) is 31.0 Å². The topological polar surface area (TPSA) is 117 Å². The van der Waals surface area contributed by atoms with Crippen LogP contribution in [-0.2, 0) is 29.1 Å². The summed E-state index contributed by atoms with van der Waals surface area (Å²) < 4.78 is 50.0. The molecule has 0 fully saturated rings. The summed E-state index contributed by atoms with van der Waals surface area (Å²) in [5.74, 6) is -1.72. The van der Waals surface area contributed by atoms with Gasteiger partial charge in [-0.2, -0.15) is 4.72 Å². The number of benzene rings is 2. The maximum absolute atomic E-state index is 13.2. The van der Waals surface area contributed by atoms with Crippen LogP contribution in [0.4, 0.5) is 0 Å². The molecule has 0 aliphatic carbocycles. The molecule has 0 bridgehead atoms. The van der Waals surface area contributed by atoms with Gasteiger partial charge in [0.2, 0.25) is 15.8 Å². The van der Waals surface area contributed by atoms with Crippen molar-refractivity contribution >= 4 is 22.0 Å². The number of aryl methyl sites for hydroxylation is 1. The van der Waals surface area contributed by atoms with Gasteiger partial charge in [-0.05, 0) is 45.0 Å². The quantitative estimate of drug-likeness (QED) is 0.579. The molecule has 1 N–H and O–H groups in total. The summed E-state index contributed by atoms with van der Waals surface area (Å²) in [6, 6.07) is 9.57. The fourth-order valence-corrected chi connectivity index (χ4v) is 4.44. The second kappa shape index (κ2) is 10.1. The summed E-state index contributed by atoms with van der Waals surface area (Å²) in [7, 11) is -2.66. The lowest BCUT2D eigenvalue weighted by atomic mass is 9.95. The van der Waals surface area contributed by atoms with Crippen LogP contribution in [0.5, 0.6) is 11.5 Å². The molecule has 2 aromatic rings. The van der Waals surface area contributed by atoms with Crippen molar-refractivity contribution in [2.24, 2.45) is 0 Å². The Balaban J connectivity index is 2.19. The molecule has 10 heteroatoms. The van der Waals surface area contributed by atoms with Gasteiger partial charge in [0, 0.05) is 11.6 Å². The van der Waals surface area contributed by atoms with E-state index in [0.717, 1.165) is 5.56 Å². The molecule has 0 spiro atoms. The number of carbonyl (C=O) groups is 2. The Hall–Kier alpha value is -3.37. The van der Waals surface area contributed by atoms with Gasteiger partial charge in [0.25, 0.3) is 0 Å². The van der Waals surface area contributed by atoms with Gasteiger partial charge >= 0.3 is 11.9 Å². The fraction of sp³-hybridized carbons (Fsp3) is 0.304. The third kappa shape index (κ3) is 5.18. The number of nitrogens with one attached hydrogen (secondary N) is 1. The van der Waals surface area contributed by atoms with Crippen LogP contribution in [-0.4, -0.2) is 40.7 Å². The Labute approximate surface area is 192 Å². The largest absolute Gasteiger partial charge is 0.497 e. The zero-order valence-corrected chi connectivity index (χ0v) is 19.5. The Bertz CT molecular complexity index is 1190. The van der Waals surface area contributed by atoms with Crippen LogP contribution in [0.25, 0.3) is 0 Å². The first-order chi connectivity index (χ1) is 15.7. The zero-order valence-electron chi connectivity index (χ0n) is 18.7. The average Bonchev–Trinajstić information content (AvgIpc) is 2.78. The lowest BCUT2D eigenvalue weighted by molar-refractivity contribution is -0.144. The van der Waals surface area contributed by atoms with Crippen LogP contribution in [0.15, 0.2) is 58.7 Å². The van der Waals surface area contributed by atoms with E-state index >= 15 is 0 Å². The number of fused-ring (bicyclic) bond motifs is 1. The minimum Gasteiger partial charge on any atom is -0.497 e. The zero-order chi connectivity index (χ0) is 24.2. The van der Waals surface area contributed by atoms with E-state index in [2.05, 4.69) is 4.72 Å². The van der Waals surface area contributed by atoms with Gasteiger partial charge in [0.15, 0.2) is 0 Å². The van der Waals surface area contributed by atoms with Gasteiger partial charge < -0.3 is 18.9 Å². The van der Waals surface area contributed by atoms with Crippen LogP contribution >= 0.6 is 0 Å². The molecule has 0 saturated heterocycles. The first kappa shape index (κ1) is 24.3. The molecule has 1 aliphatic rings. The third-order valence-corrected chi connectivity index (χ3v) is 6.28. The highest BCUT2D eigenvalue weighted by Crippen LogP contribution is 2.41. The highest BCUT2D eigenvalue weighted by Gasteiger charge is 2.41. The van der Waals surface area contributed by atoms with Gasteiger partial charge in [-0.25, -0.2) is 18.0 Å². The summed E-state index contributed by atoms with van der Waals surface area (Å²) in [4.78, 5) is 25.6. The summed E-state index contributed by atoms with van der Waals surface area (Å²) in [6.07, 6.45) is 0. The third-order valence-electron chi connectivity index (χ3n) is 4.84. The molecule has 33 heavy (non-hydrogen) atoms. The Kier molecular flexibility index (Phi) is 7.39. The normalized spacial score (nSPS) is 15.3. The van der Waals surface area contributed by atoms with Crippen molar-refractivity contribution < 1.29 is 37.0 Å². The van der Waals surface area contributed by atoms with Crippen LogP contribution in [0.3, 0.4) is 0 Å². The van der Waals surface area contributed by atoms with Crippen molar-refractivity contribution in [1.29, 1.82) is 0 Å². The number of hydrogen-bond donors (Lipinski definition) is 1. The van der Waals surface area contributed by atoms with Gasteiger partial charge in [-0.1, -0.05) is 17.7 Å². The minimum absolute atomic E-state index is 0.00412. The van der Waals surface area contributed by atoms with E-state index in [0.29, 0.717) is 11.3 Å². The number of esters is 2. The van der Waals surface area contributed by atoms with Crippen LogP contribution in [0, 0.1) is 6.92 Å². The van der Waals surface area contributed by atoms with Crippen LogP contribution in [0.2, 0.25) is 0 Å². The van der Waals surface area contributed by atoms with Crippen molar-refractivity contribution in [3.8, 4) is 11.5 Å². The fourth-order valence-electron chi connectivity index (χ4n) is 3.25. The van der Waals surface area contributed by atoms with Crippen molar-refractivity contribution in [3.63, 3.8) is 0 Å². The van der Waals surface area contributed by atoms with Crippen LogP contribution < -0.4 is 14.2 Å². The van der Waals surface area contributed by atoms with Gasteiger partial charge in [-0.3, -0.25) is 0 Å². The standard InChI is InChI=1S/C23H25NO8S/c1-5-30-22(25)19-20(24-33(27,28)16-10-7-14(3)8-11-16)17-12-9-15(29-4)13-18(17)32-21(19)23(26)31-6-2/h7-13,20,24H,5-6H2,1-4H3. The monoisotopic (exact) mass is 475 g/mol. The minimum atomic E-state index is -4.11. The second-order valence-corrected chi connectivity index (χ2v) is 8.77. The molecule has 1 unspecified atom stereocenters. The van der Waals surface area contributed by atoms with E-state index in [1.54, 1.807) is 38.1 Å². The Morgan fingerprint density at radius 2 is 1.64 bits per heavy atom. The van der Waals surface area contributed by atoms with Crippen molar-refractivity contribution in [3.05, 3.63) is 64.9 Å². The van der Waals surface area contributed by atoms with Crippen molar-refractivity contribution in [2.75, 3.05) is 20.3 Å². The molecule has 1 aliphatic heterocycles. The van der Waals surface area contributed by atoms with E-state index in [1.165, 1.54) is 25.3 Å². The number of ether oxygens (including phenoxy) is 4. The summed E-state index contributed by atoms with van der Waals surface area (Å²) in [5, 5.41) is 0. The van der Waals surface area contributed by atoms with E-state index < -0.39 is 33.8 Å².